The van der Waals surface area contributed by atoms with Crippen molar-refractivity contribution >= 4 is 11.6 Å². The molecule has 2 heterocycles. The Hall–Kier alpha value is -1.55. The van der Waals surface area contributed by atoms with E-state index in [1.54, 1.807) is 0 Å². The fourth-order valence-corrected chi connectivity index (χ4v) is 3.34. The highest BCUT2D eigenvalue weighted by atomic mass is 16.1. The molecule has 1 amide bonds. The van der Waals surface area contributed by atoms with Gasteiger partial charge in [0, 0.05) is 25.3 Å². The molecule has 4 heteroatoms. The zero-order valence-electron chi connectivity index (χ0n) is 12.6. The lowest BCUT2D eigenvalue weighted by Gasteiger charge is -2.20. The van der Waals surface area contributed by atoms with Crippen LogP contribution in [0.2, 0.25) is 0 Å². The van der Waals surface area contributed by atoms with Crippen molar-refractivity contribution in [1.29, 1.82) is 0 Å². The minimum atomic E-state index is -0.0367. The number of likely N-dealkylation sites (tertiary alicyclic amines) is 1. The van der Waals surface area contributed by atoms with Gasteiger partial charge in [-0.2, -0.15) is 0 Å². The summed E-state index contributed by atoms with van der Waals surface area (Å²) in [6.07, 6.45) is 5.31. The number of para-hydroxylation sites is 1. The zero-order chi connectivity index (χ0) is 14.5. The van der Waals surface area contributed by atoms with Gasteiger partial charge in [-0.3, -0.25) is 4.79 Å². The number of fused-ring (bicyclic) bond motifs is 1. The highest BCUT2D eigenvalue weighted by Gasteiger charge is 2.27. The van der Waals surface area contributed by atoms with E-state index in [9.17, 15) is 4.79 Å². The van der Waals surface area contributed by atoms with Crippen molar-refractivity contribution in [2.75, 3.05) is 38.0 Å². The van der Waals surface area contributed by atoms with E-state index >= 15 is 0 Å². The van der Waals surface area contributed by atoms with Crippen molar-refractivity contribution in [3.63, 3.8) is 0 Å². The maximum atomic E-state index is 12.3. The third kappa shape index (κ3) is 3.56. The van der Waals surface area contributed by atoms with Crippen molar-refractivity contribution in [2.24, 2.45) is 0 Å². The number of nitrogens with one attached hydrogen (secondary N) is 2. The van der Waals surface area contributed by atoms with Gasteiger partial charge in [-0.25, -0.2) is 0 Å². The summed E-state index contributed by atoms with van der Waals surface area (Å²) in [7, 11) is 0. The largest absolute Gasteiger partial charge is 0.384 e. The van der Waals surface area contributed by atoms with Crippen molar-refractivity contribution in [2.45, 2.75) is 31.6 Å². The number of nitrogens with zero attached hydrogens (tertiary/aromatic N) is 1. The van der Waals surface area contributed by atoms with Gasteiger partial charge < -0.3 is 15.5 Å². The molecule has 1 aromatic carbocycles. The maximum absolute atomic E-state index is 12.3. The second-order valence-corrected chi connectivity index (χ2v) is 6.07. The highest BCUT2D eigenvalue weighted by molar-refractivity contribution is 5.88. The second-order valence-electron chi connectivity index (χ2n) is 6.07. The minimum Gasteiger partial charge on any atom is -0.384 e. The Morgan fingerprint density at radius 2 is 1.95 bits per heavy atom. The number of amides is 1. The number of hydrogen-bond donors (Lipinski definition) is 2. The first-order chi connectivity index (χ1) is 10.3. The maximum Gasteiger partial charge on any atom is 0.229 e. The van der Waals surface area contributed by atoms with E-state index < -0.39 is 0 Å². The van der Waals surface area contributed by atoms with E-state index in [4.69, 9.17) is 0 Å². The number of rotatable bonds is 4. The van der Waals surface area contributed by atoms with E-state index in [2.05, 4.69) is 15.5 Å². The number of hydrogen-bond acceptors (Lipinski definition) is 3. The molecule has 1 atom stereocenters. The summed E-state index contributed by atoms with van der Waals surface area (Å²) >= 11 is 0. The van der Waals surface area contributed by atoms with Crippen molar-refractivity contribution < 1.29 is 4.79 Å². The van der Waals surface area contributed by atoms with Crippen molar-refractivity contribution in [3.8, 4) is 0 Å². The molecule has 1 aromatic rings. The van der Waals surface area contributed by atoms with E-state index in [1.807, 2.05) is 24.3 Å². The van der Waals surface area contributed by atoms with Crippen LogP contribution in [0.25, 0.3) is 0 Å². The number of carbonyl (C=O) groups is 1. The van der Waals surface area contributed by atoms with Gasteiger partial charge in [0.1, 0.15) is 0 Å². The van der Waals surface area contributed by atoms with E-state index in [0.29, 0.717) is 0 Å². The summed E-state index contributed by atoms with van der Waals surface area (Å²) in [5.41, 5.74) is 2.23. The van der Waals surface area contributed by atoms with Crippen LogP contribution in [0.15, 0.2) is 24.3 Å². The minimum absolute atomic E-state index is 0.0367. The van der Waals surface area contributed by atoms with Crippen LogP contribution in [0.1, 0.15) is 37.2 Å². The topological polar surface area (TPSA) is 44.4 Å². The molecular weight excluding hydrogens is 262 g/mol. The lowest BCUT2D eigenvalue weighted by molar-refractivity contribution is -0.122. The smallest absolute Gasteiger partial charge is 0.229 e. The Morgan fingerprint density at radius 1 is 1.19 bits per heavy atom. The average Bonchev–Trinajstić information content (AvgIpc) is 2.77. The van der Waals surface area contributed by atoms with Crippen molar-refractivity contribution in [1.82, 2.24) is 10.2 Å². The lowest BCUT2D eigenvalue weighted by atomic mass is 10.0. The normalized spacial score (nSPS) is 22.2. The molecule has 114 valence electrons. The molecule has 4 nitrogen and oxygen atoms in total. The predicted octanol–water partition coefficient (Wildman–Crippen LogP) is 2.19. The van der Waals surface area contributed by atoms with Crippen molar-refractivity contribution in [3.05, 3.63) is 29.8 Å². The van der Waals surface area contributed by atoms with Crippen LogP contribution in [-0.2, 0) is 4.79 Å². The molecule has 0 saturated carbocycles. The molecule has 21 heavy (non-hydrogen) atoms. The fourth-order valence-electron chi connectivity index (χ4n) is 3.34. The summed E-state index contributed by atoms with van der Waals surface area (Å²) in [6, 6.07) is 8.10. The first-order valence-electron chi connectivity index (χ1n) is 8.17. The second kappa shape index (κ2) is 6.94. The zero-order valence-corrected chi connectivity index (χ0v) is 12.6. The Balaban J connectivity index is 1.47. The van der Waals surface area contributed by atoms with E-state index in [1.165, 1.54) is 38.8 Å². The summed E-state index contributed by atoms with van der Waals surface area (Å²) in [4.78, 5) is 14.8. The van der Waals surface area contributed by atoms with Crippen LogP contribution in [0.5, 0.6) is 0 Å². The SMILES string of the molecule is O=C(NCCN1CCCCCC1)C1CNc2ccccc21. The predicted molar refractivity (Wildman–Crippen MR) is 85.6 cm³/mol. The number of anilines is 1. The molecule has 0 radical (unpaired) electrons. The molecule has 1 unspecified atom stereocenters. The molecule has 3 rings (SSSR count). The van der Waals surface area contributed by atoms with Crippen LogP contribution < -0.4 is 10.6 Å². The van der Waals surface area contributed by atoms with Crippen LogP contribution in [0.3, 0.4) is 0 Å². The molecule has 2 aliphatic rings. The first kappa shape index (κ1) is 14.4. The van der Waals surface area contributed by atoms with Crippen LogP contribution in [-0.4, -0.2) is 43.5 Å². The van der Waals surface area contributed by atoms with E-state index in [0.717, 1.165) is 30.9 Å². The number of carbonyl (C=O) groups excluding carboxylic acids is 1. The van der Waals surface area contributed by atoms with Gasteiger partial charge in [0.25, 0.3) is 0 Å². The van der Waals surface area contributed by atoms with Crippen LogP contribution >= 0.6 is 0 Å². The van der Waals surface area contributed by atoms with Gasteiger partial charge in [-0.1, -0.05) is 31.0 Å². The number of benzene rings is 1. The van der Waals surface area contributed by atoms with Gasteiger partial charge in [-0.15, -0.1) is 0 Å². The average molecular weight is 287 g/mol. The Bertz CT molecular complexity index is 481. The highest BCUT2D eigenvalue weighted by Crippen LogP contribution is 2.30. The molecule has 0 bridgehead atoms. The summed E-state index contributed by atoms with van der Waals surface area (Å²) in [6.45, 7) is 4.83. The Labute approximate surface area is 126 Å². The molecule has 1 fully saturated rings. The standard InChI is InChI=1S/C17H25N3O/c21-17(15-13-19-16-8-4-3-7-14(15)16)18-9-12-20-10-5-1-2-6-11-20/h3-4,7-8,15,19H,1-2,5-6,9-13H2,(H,18,21). The molecule has 0 aromatic heterocycles. The molecular formula is C17H25N3O. The quantitative estimate of drug-likeness (QED) is 0.892. The third-order valence-electron chi connectivity index (χ3n) is 4.58. The lowest BCUT2D eigenvalue weighted by Crippen LogP contribution is -2.37. The fraction of sp³-hybridized carbons (Fsp3) is 0.588. The van der Waals surface area contributed by atoms with Gasteiger partial charge in [0.05, 0.1) is 5.92 Å². The summed E-state index contributed by atoms with van der Waals surface area (Å²) in [5, 5.41) is 6.42. The Morgan fingerprint density at radius 3 is 2.76 bits per heavy atom. The summed E-state index contributed by atoms with van der Waals surface area (Å²) < 4.78 is 0. The van der Waals surface area contributed by atoms with Gasteiger partial charge >= 0.3 is 0 Å². The van der Waals surface area contributed by atoms with Gasteiger partial charge in [0.2, 0.25) is 5.91 Å². The van der Waals surface area contributed by atoms with Gasteiger partial charge in [-0.05, 0) is 37.6 Å². The van der Waals surface area contributed by atoms with E-state index in [-0.39, 0.29) is 11.8 Å². The monoisotopic (exact) mass is 287 g/mol. The van der Waals surface area contributed by atoms with Gasteiger partial charge in [0.15, 0.2) is 0 Å². The third-order valence-corrected chi connectivity index (χ3v) is 4.58. The first-order valence-corrected chi connectivity index (χ1v) is 8.17. The molecule has 0 aliphatic carbocycles. The Kier molecular flexibility index (Phi) is 4.76. The van der Waals surface area contributed by atoms with Crippen LogP contribution in [0, 0.1) is 0 Å². The molecule has 2 N–H and O–H groups in total. The molecule has 0 spiro atoms. The molecule has 1 saturated heterocycles. The van der Waals surface area contributed by atoms with Crippen LogP contribution in [0.4, 0.5) is 5.69 Å². The summed E-state index contributed by atoms with van der Waals surface area (Å²) in [5.74, 6) is 0.118. The molecule has 2 aliphatic heterocycles.